The maximum Gasteiger partial charge on any atom is 0.148 e. The molecular weight excluding hydrogens is 212 g/mol. The fourth-order valence-electron chi connectivity index (χ4n) is 2.04. The van der Waals surface area contributed by atoms with E-state index in [1.807, 2.05) is 6.92 Å². The molecule has 0 aromatic heterocycles. The van der Waals surface area contributed by atoms with Crippen LogP contribution in [0.15, 0.2) is 0 Å². The van der Waals surface area contributed by atoms with Crippen molar-refractivity contribution in [2.45, 2.75) is 25.8 Å². The third-order valence-electron chi connectivity index (χ3n) is 2.77. The number of nitrogens with one attached hydrogen (secondary N) is 1. The van der Waals surface area contributed by atoms with Crippen LogP contribution in [0.3, 0.4) is 0 Å². The minimum Gasteiger partial charge on any atom is -0.317 e. The van der Waals surface area contributed by atoms with Crippen molar-refractivity contribution >= 4 is 9.84 Å². The number of hydrogen-bond donors (Lipinski definition) is 1. The van der Waals surface area contributed by atoms with Crippen LogP contribution in [0.5, 0.6) is 0 Å². The Morgan fingerprint density at radius 2 is 1.80 bits per heavy atom. The second-order valence-electron chi connectivity index (χ2n) is 4.43. The third-order valence-corrected chi connectivity index (χ3v) is 3.85. The highest BCUT2D eigenvalue weighted by atomic mass is 32.2. The minimum atomic E-state index is -2.85. The van der Waals surface area contributed by atoms with Crippen LogP contribution in [0.2, 0.25) is 0 Å². The Bertz CT molecular complexity index is 269. The zero-order valence-electron chi connectivity index (χ0n) is 9.70. The van der Waals surface area contributed by atoms with E-state index in [1.165, 1.54) is 6.26 Å². The van der Waals surface area contributed by atoms with Crippen LogP contribution in [0, 0.1) is 0 Å². The first kappa shape index (κ1) is 12.9. The van der Waals surface area contributed by atoms with Crippen LogP contribution in [0.25, 0.3) is 0 Å². The number of hydrogen-bond acceptors (Lipinski definition) is 4. The highest BCUT2D eigenvalue weighted by Crippen LogP contribution is 2.06. The maximum atomic E-state index is 11.2. The standard InChI is InChI=1S/C10H22N2O2S/c1-10(9-15(2,13)14)12-7-3-5-11-6-4-8-12/h10-11H,3-9H2,1-2H3. The first-order valence-corrected chi connectivity index (χ1v) is 7.67. The van der Waals surface area contributed by atoms with Crippen LogP contribution in [-0.4, -0.2) is 57.5 Å². The second kappa shape index (κ2) is 5.82. The lowest BCUT2D eigenvalue weighted by molar-refractivity contribution is 0.207. The zero-order valence-corrected chi connectivity index (χ0v) is 10.5. The molecule has 0 bridgehead atoms. The van der Waals surface area contributed by atoms with Gasteiger partial charge in [-0.15, -0.1) is 0 Å². The minimum absolute atomic E-state index is 0.151. The van der Waals surface area contributed by atoms with Crippen molar-refractivity contribution in [3.63, 3.8) is 0 Å². The Kier molecular flexibility index (Phi) is 5.02. The molecule has 1 aliphatic rings. The molecule has 0 aliphatic carbocycles. The van der Waals surface area contributed by atoms with Crippen LogP contribution >= 0.6 is 0 Å². The molecule has 0 spiro atoms. The monoisotopic (exact) mass is 234 g/mol. The van der Waals surface area contributed by atoms with E-state index in [1.54, 1.807) is 0 Å². The molecule has 1 saturated heterocycles. The molecule has 0 saturated carbocycles. The van der Waals surface area contributed by atoms with Gasteiger partial charge in [0, 0.05) is 12.3 Å². The first-order valence-electron chi connectivity index (χ1n) is 5.61. The summed E-state index contributed by atoms with van der Waals surface area (Å²) in [5.41, 5.74) is 0. The molecule has 4 nitrogen and oxygen atoms in total. The van der Waals surface area contributed by atoms with Crippen LogP contribution in [-0.2, 0) is 9.84 Å². The average molecular weight is 234 g/mol. The molecule has 1 fully saturated rings. The molecule has 0 aromatic carbocycles. The number of sulfone groups is 1. The van der Waals surface area contributed by atoms with Gasteiger partial charge in [0.05, 0.1) is 5.75 Å². The predicted molar refractivity (Wildman–Crippen MR) is 62.8 cm³/mol. The van der Waals surface area contributed by atoms with E-state index in [4.69, 9.17) is 0 Å². The summed E-state index contributed by atoms with van der Waals surface area (Å²) >= 11 is 0. The third kappa shape index (κ3) is 5.49. The quantitative estimate of drug-likeness (QED) is 0.753. The first-order chi connectivity index (χ1) is 6.99. The molecule has 1 aliphatic heterocycles. The van der Waals surface area contributed by atoms with E-state index in [0.717, 1.165) is 39.0 Å². The molecule has 1 N–H and O–H groups in total. The van der Waals surface area contributed by atoms with E-state index in [-0.39, 0.29) is 11.8 Å². The van der Waals surface area contributed by atoms with Gasteiger partial charge in [0.25, 0.3) is 0 Å². The molecule has 15 heavy (non-hydrogen) atoms. The normalized spacial score (nSPS) is 23.1. The lowest BCUT2D eigenvalue weighted by Crippen LogP contribution is -2.42. The predicted octanol–water partition coefficient (Wildman–Crippen LogP) is 0.105. The summed E-state index contributed by atoms with van der Waals surface area (Å²) in [6.45, 7) is 6.10. The van der Waals surface area contributed by atoms with Gasteiger partial charge in [-0.25, -0.2) is 8.42 Å². The molecule has 1 rings (SSSR count). The molecular formula is C10H22N2O2S. The summed E-state index contributed by atoms with van der Waals surface area (Å²) < 4.78 is 22.4. The van der Waals surface area contributed by atoms with Gasteiger partial charge in [0.1, 0.15) is 9.84 Å². The fourth-order valence-corrected chi connectivity index (χ4v) is 3.12. The van der Waals surface area contributed by atoms with Crippen molar-refractivity contribution in [3.05, 3.63) is 0 Å². The lowest BCUT2D eigenvalue weighted by atomic mass is 10.2. The summed E-state index contributed by atoms with van der Waals surface area (Å²) in [7, 11) is -2.85. The molecule has 0 radical (unpaired) electrons. The van der Waals surface area contributed by atoms with Crippen molar-refractivity contribution in [1.29, 1.82) is 0 Å². The van der Waals surface area contributed by atoms with Gasteiger partial charge in [-0.2, -0.15) is 0 Å². The van der Waals surface area contributed by atoms with Gasteiger partial charge in [0.2, 0.25) is 0 Å². The van der Waals surface area contributed by atoms with E-state index < -0.39 is 9.84 Å². The maximum absolute atomic E-state index is 11.2. The van der Waals surface area contributed by atoms with Gasteiger partial charge >= 0.3 is 0 Å². The van der Waals surface area contributed by atoms with Crippen molar-refractivity contribution in [2.75, 3.05) is 38.2 Å². The molecule has 90 valence electrons. The highest BCUT2D eigenvalue weighted by molar-refractivity contribution is 7.90. The molecule has 5 heteroatoms. The zero-order chi connectivity index (χ0) is 11.3. The smallest absolute Gasteiger partial charge is 0.148 e. The van der Waals surface area contributed by atoms with Crippen LogP contribution in [0.1, 0.15) is 19.8 Å². The lowest BCUT2D eigenvalue weighted by Gasteiger charge is -2.30. The number of rotatable bonds is 3. The Morgan fingerprint density at radius 1 is 1.27 bits per heavy atom. The van der Waals surface area contributed by atoms with Gasteiger partial charge in [-0.3, -0.25) is 4.90 Å². The summed E-state index contributed by atoms with van der Waals surface area (Å²) in [5.74, 6) is 0.278. The Morgan fingerprint density at radius 3 is 2.27 bits per heavy atom. The van der Waals surface area contributed by atoms with E-state index >= 15 is 0 Å². The van der Waals surface area contributed by atoms with Crippen molar-refractivity contribution in [2.24, 2.45) is 0 Å². The summed E-state index contributed by atoms with van der Waals surface area (Å²) in [6, 6.07) is 0.151. The van der Waals surface area contributed by atoms with E-state index in [2.05, 4.69) is 10.2 Å². The molecule has 0 aromatic rings. The molecule has 1 unspecified atom stereocenters. The topological polar surface area (TPSA) is 49.4 Å². The molecule has 0 amide bonds. The SMILES string of the molecule is CC(CS(C)(=O)=O)N1CCCNCCC1. The van der Waals surface area contributed by atoms with Crippen LogP contribution < -0.4 is 5.32 Å². The summed E-state index contributed by atoms with van der Waals surface area (Å²) in [5, 5.41) is 3.35. The second-order valence-corrected chi connectivity index (χ2v) is 6.62. The van der Waals surface area contributed by atoms with Crippen LogP contribution in [0.4, 0.5) is 0 Å². The highest BCUT2D eigenvalue weighted by Gasteiger charge is 2.18. The Labute approximate surface area is 93.0 Å². The van der Waals surface area contributed by atoms with Gasteiger partial charge in [-0.1, -0.05) is 0 Å². The molecule has 1 atom stereocenters. The van der Waals surface area contributed by atoms with Gasteiger partial charge < -0.3 is 5.32 Å². The van der Waals surface area contributed by atoms with Gasteiger partial charge in [0.15, 0.2) is 0 Å². The average Bonchev–Trinajstić information content (AvgIpc) is 1.98. The van der Waals surface area contributed by atoms with Gasteiger partial charge in [-0.05, 0) is 45.9 Å². The fraction of sp³-hybridized carbons (Fsp3) is 1.00. The largest absolute Gasteiger partial charge is 0.317 e. The van der Waals surface area contributed by atoms with E-state index in [0.29, 0.717) is 0 Å². The summed E-state index contributed by atoms with van der Waals surface area (Å²) in [4.78, 5) is 2.29. The van der Waals surface area contributed by atoms with Crippen molar-refractivity contribution in [1.82, 2.24) is 10.2 Å². The van der Waals surface area contributed by atoms with Crippen molar-refractivity contribution < 1.29 is 8.42 Å². The van der Waals surface area contributed by atoms with E-state index in [9.17, 15) is 8.42 Å². The number of nitrogens with zero attached hydrogens (tertiary/aromatic N) is 1. The Hall–Kier alpha value is -0.130. The summed E-state index contributed by atoms with van der Waals surface area (Å²) in [6.07, 6.45) is 3.53. The molecule has 1 heterocycles. The Balaban J connectivity index is 2.45. The van der Waals surface area contributed by atoms with Crippen molar-refractivity contribution in [3.8, 4) is 0 Å².